The summed E-state index contributed by atoms with van der Waals surface area (Å²) in [5.74, 6) is 0. The quantitative estimate of drug-likeness (QED) is 0.743. The third-order valence-electron chi connectivity index (χ3n) is 1.86. The lowest BCUT2D eigenvalue weighted by atomic mass is 10.2. The highest BCUT2D eigenvalue weighted by Gasteiger charge is 2.04. The highest BCUT2D eigenvalue weighted by atomic mass is 15.1. The van der Waals surface area contributed by atoms with Crippen molar-refractivity contribution >= 4 is 12.6 Å². The molecule has 1 aliphatic heterocycles. The van der Waals surface area contributed by atoms with Gasteiger partial charge in [-0.1, -0.05) is 63.0 Å². The normalized spacial score (nSPS) is 10.4. The van der Waals surface area contributed by atoms with Crippen molar-refractivity contribution in [3.8, 4) is 6.07 Å². The van der Waals surface area contributed by atoms with Gasteiger partial charge in [0, 0.05) is 6.92 Å². The Balaban J connectivity index is 0. The molecule has 1 aromatic rings. The van der Waals surface area contributed by atoms with Gasteiger partial charge in [-0.05, 0) is 5.56 Å². The number of aliphatic imine (C=N–C) groups is 1. The van der Waals surface area contributed by atoms with E-state index in [1.807, 2.05) is 40.1 Å². The van der Waals surface area contributed by atoms with E-state index < -0.39 is 0 Å². The van der Waals surface area contributed by atoms with Crippen molar-refractivity contribution < 1.29 is 4.58 Å². The Morgan fingerprint density at radius 1 is 1.16 bits per heavy atom. The van der Waals surface area contributed by atoms with Gasteiger partial charge in [-0.3, -0.25) is 0 Å². The Labute approximate surface area is 117 Å². The first kappa shape index (κ1) is 19.4. The first-order chi connectivity index (χ1) is 9.36. The molecule has 1 aliphatic rings. The molecule has 0 bridgehead atoms. The molecule has 0 aliphatic carbocycles. The summed E-state index contributed by atoms with van der Waals surface area (Å²) >= 11 is 0. The molecule has 1 aromatic carbocycles. The van der Waals surface area contributed by atoms with E-state index >= 15 is 0 Å². The summed E-state index contributed by atoms with van der Waals surface area (Å²) in [6, 6.07) is 12.1. The molecular formula is C16H26N3+. The zero-order valence-corrected chi connectivity index (χ0v) is 12.8. The summed E-state index contributed by atoms with van der Waals surface area (Å²) in [6.07, 6.45) is 3.97. The average Bonchev–Trinajstić information content (AvgIpc) is 2.98. The Kier molecular flexibility index (Phi) is 16.4. The lowest BCUT2D eigenvalue weighted by molar-refractivity contribution is -0.408. The first-order valence-corrected chi connectivity index (χ1v) is 6.80. The van der Waals surface area contributed by atoms with Crippen molar-refractivity contribution in [1.29, 1.82) is 5.26 Å². The van der Waals surface area contributed by atoms with E-state index in [0.717, 1.165) is 13.1 Å². The topological polar surface area (TPSA) is 39.2 Å². The number of hydrogen-bond donors (Lipinski definition) is 0. The van der Waals surface area contributed by atoms with Crippen molar-refractivity contribution in [2.24, 2.45) is 4.99 Å². The molecule has 0 saturated heterocycles. The van der Waals surface area contributed by atoms with Gasteiger partial charge in [0.15, 0.2) is 6.54 Å². The Morgan fingerprint density at radius 3 is 2.11 bits per heavy atom. The van der Waals surface area contributed by atoms with E-state index in [1.54, 1.807) is 6.07 Å². The molecule has 0 atom stereocenters. The Morgan fingerprint density at radius 2 is 1.68 bits per heavy atom. The molecule has 0 fully saturated rings. The van der Waals surface area contributed by atoms with Gasteiger partial charge in [0.05, 0.1) is 6.07 Å². The highest BCUT2D eigenvalue weighted by Crippen LogP contribution is 2.00. The smallest absolute Gasteiger partial charge is 0.233 e. The molecule has 0 saturated carbocycles. The summed E-state index contributed by atoms with van der Waals surface area (Å²) in [4.78, 5) is 4.11. The van der Waals surface area contributed by atoms with E-state index in [9.17, 15) is 0 Å². The van der Waals surface area contributed by atoms with Gasteiger partial charge in [0.1, 0.15) is 12.8 Å². The number of benzene rings is 1. The van der Waals surface area contributed by atoms with Crippen LogP contribution in [0.5, 0.6) is 0 Å². The van der Waals surface area contributed by atoms with Gasteiger partial charge in [-0.15, -0.1) is 0 Å². The molecule has 0 amide bonds. The van der Waals surface area contributed by atoms with E-state index in [2.05, 4.69) is 40.0 Å². The molecule has 0 radical (unpaired) electrons. The maximum absolute atomic E-state index is 7.32. The predicted octanol–water partition coefficient (Wildman–Crippen LogP) is 3.89. The summed E-state index contributed by atoms with van der Waals surface area (Å²) in [5.41, 5.74) is 1.32. The third-order valence-corrected chi connectivity index (χ3v) is 1.86. The van der Waals surface area contributed by atoms with E-state index in [1.165, 1.54) is 12.5 Å². The van der Waals surface area contributed by atoms with Crippen molar-refractivity contribution in [1.82, 2.24) is 0 Å². The molecule has 0 unspecified atom stereocenters. The van der Waals surface area contributed by atoms with Crippen molar-refractivity contribution in [3.05, 3.63) is 35.9 Å². The van der Waals surface area contributed by atoms with Gasteiger partial charge in [-0.25, -0.2) is 4.58 Å². The van der Waals surface area contributed by atoms with Crippen LogP contribution in [0.2, 0.25) is 0 Å². The van der Waals surface area contributed by atoms with Crippen LogP contribution in [0, 0.1) is 11.3 Å². The second-order valence-corrected chi connectivity index (χ2v) is 3.04. The molecule has 0 aromatic heterocycles. The van der Waals surface area contributed by atoms with Crippen molar-refractivity contribution in [3.63, 3.8) is 0 Å². The van der Waals surface area contributed by atoms with Gasteiger partial charge >= 0.3 is 0 Å². The zero-order valence-electron chi connectivity index (χ0n) is 12.8. The zero-order chi connectivity index (χ0) is 14.9. The van der Waals surface area contributed by atoms with Crippen LogP contribution in [0.25, 0.3) is 0 Å². The predicted molar refractivity (Wildman–Crippen MR) is 83.8 cm³/mol. The fourth-order valence-electron chi connectivity index (χ4n) is 1.25. The van der Waals surface area contributed by atoms with Crippen LogP contribution in [0.4, 0.5) is 0 Å². The fraction of sp³-hybridized carbons (Fsp3) is 0.438. The van der Waals surface area contributed by atoms with Gasteiger partial charge in [0.2, 0.25) is 0 Å². The first-order valence-electron chi connectivity index (χ1n) is 6.80. The molecule has 0 spiro atoms. The second-order valence-electron chi connectivity index (χ2n) is 3.04. The lowest BCUT2D eigenvalue weighted by Gasteiger charge is -1.96. The average molecular weight is 260 g/mol. The molecule has 2 rings (SSSR count). The van der Waals surface area contributed by atoms with Crippen LogP contribution < -0.4 is 0 Å². The Bertz CT molecular complexity index is 386. The van der Waals surface area contributed by atoms with Gasteiger partial charge in [0.25, 0.3) is 6.34 Å². The molecule has 19 heavy (non-hydrogen) atoms. The minimum atomic E-state index is 0.826. The van der Waals surface area contributed by atoms with Gasteiger partial charge in [-0.2, -0.15) is 5.26 Å². The SMILES string of the molecule is C1=NCC=[N+]1Cc1ccccc1.CC.CC.CC#N. The largest absolute Gasteiger partial charge is 0.280 e. The third kappa shape index (κ3) is 10.9. The summed E-state index contributed by atoms with van der Waals surface area (Å²) in [7, 11) is 0. The maximum Gasteiger partial charge on any atom is 0.280 e. The van der Waals surface area contributed by atoms with Crippen LogP contribution >= 0.6 is 0 Å². The fourth-order valence-corrected chi connectivity index (χ4v) is 1.25. The highest BCUT2D eigenvalue weighted by molar-refractivity contribution is 5.67. The van der Waals surface area contributed by atoms with Gasteiger partial charge < -0.3 is 0 Å². The molecule has 3 nitrogen and oxygen atoms in total. The lowest BCUT2D eigenvalue weighted by Crippen LogP contribution is -2.06. The number of nitriles is 1. The monoisotopic (exact) mass is 260 g/mol. The van der Waals surface area contributed by atoms with Crippen LogP contribution in [0.3, 0.4) is 0 Å². The van der Waals surface area contributed by atoms with E-state index in [0.29, 0.717) is 0 Å². The number of nitrogens with zero attached hydrogens (tertiary/aromatic N) is 3. The molecular weight excluding hydrogens is 234 g/mol. The van der Waals surface area contributed by atoms with E-state index in [4.69, 9.17) is 5.26 Å². The minimum absolute atomic E-state index is 0.826. The summed E-state index contributed by atoms with van der Waals surface area (Å²) in [6.45, 7) is 11.2. The van der Waals surface area contributed by atoms with E-state index in [-0.39, 0.29) is 0 Å². The molecule has 104 valence electrons. The van der Waals surface area contributed by atoms with Crippen LogP contribution in [0.1, 0.15) is 40.2 Å². The summed E-state index contributed by atoms with van der Waals surface area (Å²) < 4.78 is 2.11. The van der Waals surface area contributed by atoms with Crippen LogP contribution in [0.15, 0.2) is 35.3 Å². The Hall–Kier alpha value is -1.95. The van der Waals surface area contributed by atoms with Crippen LogP contribution in [-0.2, 0) is 6.54 Å². The molecule has 3 heteroatoms. The summed E-state index contributed by atoms with van der Waals surface area (Å²) in [5, 5.41) is 7.32. The maximum atomic E-state index is 7.32. The standard InChI is InChI=1S/C10H11N2.C2H3N.2C2H6/c1-2-4-10(5-3-1)8-12-7-6-11-9-12;1-2-3;2*1-2/h1-5,7,9H,6,8H2;1H3;2*1-2H3/q+1;;;. The van der Waals surface area contributed by atoms with Crippen LogP contribution in [-0.4, -0.2) is 23.7 Å². The second kappa shape index (κ2) is 16.1. The minimum Gasteiger partial charge on any atom is -0.233 e. The van der Waals surface area contributed by atoms with Crippen molar-refractivity contribution in [2.75, 3.05) is 6.54 Å². The molecule has 1 heterocycles. The van der Waals surface area contributed by atoms with Crippen molar-refractivity contribution in [2.45, 2.75) is 41.2 Å². The molecule has 0 N–H and O–H groups in total. The number of rotatable bonds is 2. The number of hydrogen-bond acceptors (Lipinski definition) is 2.